The largest absolute Gasteiger partial charge is 0.301 e. The van der Waals surface area contributed by atoms with Crippen LogP contribution < -0.4 is 0 Å². The quantitative estimate of drug-likeness (QED) is 0.515. The van der Waals surface area contributed by atoms with E-state index in [4.69, 9.17) is 0 Å². The zero-order valence-electron chi connectivity index (χ0n) is 11.6. The van der Waals surface area contributed by atoms with Gasteiger partial charge in [0, 0.05) is 6.04 Å². The van der Waals surface area contributed by atoms with Crippen molar-refractivity contribution in [2.75, 3.05) is 13.1 Å². The molecule has 1 nitrogen and oxygen atoms in total. The highest BCUT2D eigenvalue weighted by atomic mass is 15.1. The maximum Gasteiger partial charge on any atom is 0.00666 e. The van der Waals surface area contributed by atoms with Crippen LogP contribution in [0.2, 0.25) is 0 Å². The Bertz CT molecular complexity index is 127. The van der Waals surface area contributed by atoms with E-state index in [9.17, 15) is 0 Å². The van der Waals surface area contributed by atoms with Gasteiger partial charge in [0.15, 0.2) is 0 Å². The highest BCUT2D eigenvalue weighted by molar-refractivity contribution is 4.64. The van der Waals surface area contributed by atoms with Crippen LogP contribution in [0.5, 0.6) is 0 Å². The lowest BCUT2D eigenvalue weighted by Crippen LogP contribution is -2.32. The summed E-state index contributed by atoms with van der Waals surface area (Å²) in [6, 6.07) is 0.777. The normalized spacial score (nSPS) is 13.8. The first-order chi connectivity index (χ1) is 7.11. The lowest BCUT2D eigenvalue weighted by atomic mass is 10.0. The second-order valence-electron chi connectivity index (χ2n) is 5.10. The summed E-state index contributed by atoms with van der Waals surface area (Å²) < 4.78 is 0. The molecule has 0 aromatic heterocycles. The summed E-state index contributed by atoms with van der Waals surface area (Å²) in [5.74, 6) is 0.880. The average molecular weight is 213 g/mol. The third-order valence-corrected chi connectivity index (χ3v) is 3.34. The Balaban J connectivity index is 3.41. The molecular weight excluding hydrogens is 182 g/mol. The van der Waals surface area contributed by atoms with E-state index < -0.39 is 0 Å². The van der Waals surface area contributed by atoms with E-state index >= 15 is 0 Å². The lowest BCUT2D eigenvalue weighted by Gasteiger charge is -2.26. The van der Waals surface area contributed by atoms with Gasteiger partial charge in [-0.1, -0.05) is 53.4 Å². The fraction of sp³-hybridized carbons (Fsp3) is 1.00. The predicted octanol–water partition coefficient (Wildman–Crippen LogP) is 4.32. The van der Waals surface area contributed by atoms with Gasteiger partial charge in [-0.25, -0.2) is 0 Å². The molecule has 0 aromatic carbocycles. The molecule has 1 heteroatoms. The van der Waals surface area contributed by atoms with Gasteiger partial charge in [-0.15, -0.1) is 0 Å². The first-order valence-electron chi connectivity index (χ1n) is 6.85. The maximum absolute atomic E-state index is 2.56. The van der Waals surface area contributed by atoms with Crippen LogP contribution in [0, 0.1) is 5.92 Å². The van der Waals surface area contributed by atoms with Gasteiger partial charge in [0.1, 0.15) is 0 Å². The van der Waals surface area contributed by atoms with Gasteiger partial charge in [-0.3, -0.25) is 0 Å². The smallest absolute Gasteiger partial charge is 0.00666 e. The highest BCUT2D eigenvalue weighted by Gasteiger charge is 2.08. The van der Waals surface area contributed by atoms with Crippen molar-refractivity contribution in [2.24, 2.45) is 5.92 Å². The summed E-state index contributed by atoms with van der Waals surface area (Å²) in [5.41, 5.74) is 0. The number of unbranched alkanes of at least 4 members (excludes halogenated alkanes) is 2. The van der Waals surface area contributed by atoms with Crippen LogP contribution in [-0.4, -0.2) is 24.0 Å². The van der Waals surface area contributed by atoms with Gasteiger partial charge in [0.05, 0.1) is 0 Å². The summed E-state index contributed by atoms with van der Waals surface area (Å²) in [7, 11) is 0. The number of hydrogen-bond donors (Lipinski definition) is 0. The van der Waals surface area contributed by atoms with E-state index in [0.717, 1.165) is 12.0 Å². The molecule has 0 N–H and O–H groups in total. The summed E-state index contributed by atoms with van der Waals surface area (Å²) in [4.78, 5) is 2.56. The molecule has 0 bridgehead atoms. The standard InChI is InChI=1S/C14H31N/c1-6-15(7-2)14(5)12-10-8-9-11-13(3)4/h13-14H,6-12H2,1-5H3. The van der Waals surface area contributed by atoms with Crippen molar-refractivity contribution < 1.29 is 0 Å². The van der Waals surface area contributed by atoms with Crippen molar-refractivity contribution in [3.8, 4) is 0 Å². The van der Waals surface area contributed by atoms with Gasteiger partial charge in [0.2, 0.25) is 0 Å². The second kappa shape index (κ2) is 9.21. The predicted molar refractivity (Wildman–Crippen MR) is 70.3 cm³/mol. The second-order valence-corrected chi connectivity index (χ2v) is 5.10. The molecule has 0 spiro atoms. The molecule has 0 saturated heterocycles. The molecule has 0 fully saturated rings. The minimum atomic E-state index is 0.777. The SMILES string of the molecule is CCN(CC)C(C)CCCCCC(C)C. The number of hydrogen-bond acceptors (Lipinski definition) is 1. The Morgan fingerprint density at radius 2 is 1.33 bits per heavy atom. The first-order valence-corrected chi connectivity index (χ1v) is 6.85. The molecule has 0 aromatic rings. The molecule has 0 heterocycles. The molecule has 15 heavy (non-hydrogen) atoms. The topological polar surface area (TPSA) is 3.24 Å². The summed E-state index contributed by atoms with van der Waals surface area (Å²) >= 11 is 0. The molecule has 1 unspecified atom stereocenters. The van der Waals surface area contributed by atoms with Crippen LogP contribution >= 0.6 is 0 Å². The minimum Gasteiger partial charge on any atom is -0.301 e. The van der Waals surface area contributed by atoms with E-state index in [2.05, 4.69) is 39.5 Å². The summed E-state index contributed by atoms with van der Waals surface area (Å²) in [6.07, 6.45) is 7.02. The van der Waals surface area contributed by atoms with Crippen LogP contribution in [-0.2, 0) is 0 Å². The third kappa shape index (κ3) is 7.84. The minimum absolute atomic E-state index is 0.777. The molecule has 0 aliphatic carbocycles. The average Bonchev–Trinajstić information content (AvgIpc) is 2.18. The fourth-order valence-electron chi connectivity index (χ4n) is 2.20. The van der Waals surface area contributed by atoms with Crippen molar-refractivity contribution >= 4 is 0 Å². The first kappa shape index (κ1) is 15.0. The number of nitrogens with zero attached hydrogens (tertiary/aromatic N) is 1. The molecule has 0 radical (unpaired) electrons. The summed E-state index contributed by atoms with van der Waals surface area (Å²) in [5, 5.41) is 0. The Morgan fingerprint density at radius 3 is 1.80 bits per heavy atom. The lowest BCUT2D eigenvalue weighted by molar-refractivity contribution is 0.216. The van der Waals surface area contributed by atoms with Crippen molar-refractivity contribution in [1.82, 2.24) is 4.90 Å². The monoisotopic (exact) mass is 213 g/mol. The van der Waals surface area contributed by atoms with Crippen molar-refractivity contribution in [3.63, 3.8) is 0 Å². The Kier molecular flexibility index (Phi) is 9.18. The van der Waals surface area contributed by atoms with Crippen LogP contribution in [0.4, 0.5) is 0 Å². The van der Waals surface area contributed by atoms with Crippen LogP contribution in [0.25, 0.3) is 0 Å². The van der Waals surface area contributed by atoms with Crippen molar-refractivity contribution in [3.05, 3.63) is 0 Å². The Morgan fingerprint density at radius 1 is 0.800 bits per heavy atom. The number of rotatable bonds is 9. The molecular formula is C14H31N. The molecule has 0 aliphatic heterocycles. The Hall–Kier alpha value is -0.0400. The van der Waals surface area contributed by atoms with Gasteiger partial charge >= 0.3 is 0 Å². The molecule has 0 rings (SSSR count). The van der Waals surface area contributed by atoms with Gasteiger partial charge in [0.25, 0.3) is 0 Å². The van der Waals surface area contributed by atoms with Crippen LogP contribution in [0.15, 0.2) is 0 Å². The highest BCUT2D eigenvalue weighted by Crippen LogP contribution is 2.12. The molecule has 1 atom stereocenters. The van der Waals surface area contributed by atoms with Gasteiger partial charge in [-0.05, 0) is 32.4 Å². The van der Waals surface area contributed by atoms with E-state index in [-0.39, 0.29) is 0 Å². The van der Waals surface area contributed by atoms with Gasteiger partial charge < -0.3 is 4.90 Å². The Labute approximate surface area is 97.2 Å². The van der Waals surface area contributed by atoms with E-state index in [1.807, 2.05) is 0 Å². The van der Waals surface area contributed by atoms with Crippen molar-refractivity contribution in [1.29, 1.82) is 0 Å². The summed E-state index contributed by atoms with van der Waals surface area (Å²) in [6.45, 7) is 13.9. The maximum atomic E-state index is 2.56. The van der Waals surface area contributed by atoms with Crippen LogP contribution in [0.3, 0.4) is 0 Å². The van der Waals surface area contributed by atoms with E-state index in [1.165, 1.54) is 45.2 Å². The molecule has 0 saturated carbocycles. The molecule has 0 amide bonds. The van der Waals surface area contributed by atoms with E-state index in [0.29, 0.717) is 0 Å². The fourth-order valence-corrected chi connectivity index (χ4v) is 2.20. The third-order valence-electron chi connectivity index (χ3n) is 3.34. The molecule has 0 aliphatic rings. The van der Waals surface area contributed by atoms with Crippen molar-refractivity contribution in [2.45, 2.75) is 72.8 Å². The zero-order chi connectivity index (χ0) is 11.7. The van der Waals surface area contributed by atoms with Gasteiger partial charge in [-0.2, -0.15) is 0 Å². The molecule has 92 valence electrons. The zero-order valence-corrected chi connectivity index (χ0v) is 11.6. The van der Waals surface area contributed by atoms with E-state index in [1.54, 1.807) is 0 Å². The van der Waals surface area contributed by atoms with Crippen LogP contribution in [0.1, 0.15) is 66.7 Å².